The number of benzene rings is 1. The monoisotopic (exact) mass is 287 g/mol. The van der Waals surface area contributed by atoms with Crippen molar-refractivity contribution < 1.29 is 0 Å². The van der Waals surface area contributed by atoms with Crippen LogP contribution in [0.1, 0.15) is 45.7 Å². The lowest BCUT2D eigenvalue weighted by Crippen LogP contribution is -2.37. The van der Waals surface area contributed by atoms with Crippen LogP contribution in [0.15, 0.2) is 24.3 Å². The Morgan fingerprint density at radius 3 is 2.67 bits per heavy atom. The summed E-state index contributed by atoms with van der Waals surface area (Å²) in [6.07, 6.45) is 4.71. The molecule has 0 amide bonds. The van der Waals surface area contributed by atoms with E-state index in [2.05, 4.69) is 50.4 Å². The van der Waals surface area contributed by atoms with Crippen molar-refractivity contribution >= 4 is 10.9 Å². The fraction of sp³-hybridized carbons (Fsp3) is 0.611. The number of nitrogens with zero attached hydrogens (tertiary/aromatic N) is 2. The van der Waals surface area contributed by atoms with Crippen LogP contribution in [0.3, 0.4) is 0 Å². The minimum Gasteiger partial charge on any atom is -0.313 e. The van der Waals surface area contributed by atoms with Gasteiger partial charge < -0.3 is 5.32 Å². The van der Waals surface area contributed by atoms with Gasteiger partial charge in [0.1, 0.15) is 0 Å². The number of hydrogen-bond donors (Lipinski definition) is 1. The van der Waals surface area contributed by atoms with Crippen molar-refractivity contribution in [3.63, 3.8) is 0 Å². The molecule has 3 heteroatoms. The van der Waals surface area contributed by atoms with Gasteiger partial charge in [-0.05, 0) is 31.4 Å². The molecule has 0 aliphatic carbocycles. The van der Waals surface area contributed by atoms with Crippen LogP contribution in [0, 0.1) is 5.92 Å². The molecule has 0 saturated carbocycles. The molecule has 21 heavy (non-hydrogen) atoms. The molecule has 0 aliphatic heterocycles. The minimum absolute atomic E-state index is 0.517. The molecule has 0 bridgehead atoms. The highest BCUT2D eigenvalue weighted by molar-refractivity contribution is 5.81. The molecule has 2 rings (SSSR count). The van der Waals surface area contributed by atoms with Gasteiger partial charge in [-0.15, -0.1) is 0 Å². The lowest BCUT2D eigenvalue weighted by Gasteiger charge is -2.24. The highest BCUT2D eigenvalue weighted by Gasteiger charge is 2.19. The quantitative estimate of drug-likeness (QED) is 0.797. The van der Waals surface area contributed by atoms with Gasteiger partial charge in [-0.3, -0.25) is 4.68 Å². The molecule has 1 aromatic carbocycles. The first-order chi connectivity index (χ1) is 10.2. The summed E-state index contributed by atoms with van der Waals surface area (Å²) in [5.74, 6) is 0.683. The Hall–Kier alpha value is -1.35. The average molecular weight is 287 g/mol. The summed E-state index contributed by atoms with van der Waals surface area (Å²) < 4.78 is 2.01. The van der Waals surface area contributed by atoms with Crippen molar-refractivity contribution in [2.45, 2.75) is 52.5 Å². The van der Waals surface area contributed by atoms with Crippen LogP contribution in [0.5, 0.6) is 0 Å². The summed E-state index contributed by atoms with van der Waals surface area (Å²) in [7, 11) is 2.04. The molecule has 2 atom stereocenters. The predicted octanol–water partition coefficient (Wildman–Crippen LogP) is 3.92. The highest BCUT2D eigenvalue weighted by Crippen LogP contribution is 2.22. The number of nitrogens with one attached hydrogen (secondary N) is 1. The van der Waals surface area contributed by atoms with Gasteiger partial charge in [0.2, 0.25) is 0 Å². The molecule has 1 N–H and O–H groups in total. The third-order valence-electron chi connectivity index (χ3n) is 4.33. The fourth-order valence-electron chi connectivity index (χ4n) is 3.11. The number of aromatic nitrogens is 2. The molecule has 0 aliphatic rings. The van der Waals surface area contributed by atoms with E-state index in [0.717, 1.165) is 13.0 Å². The molecular formula is C18H29N3. The first-order valence-electron chi connectivity index (χ1n) is 8.31. The Bertz CT molecular complexity index is 559. The van der Waals surface area contributed by atoms with Crippen molar-refractivity contribution in [3.05, 3.63) is 30.0 Å². The Morgan fingerprint density at radius 2 is 1.95 bits per heavy atom. The predicted molar refractivity (Wildman–Crippen MR) is 90.6 cm³/mol. The maximum atomic E-state index is 4.76. The largest absolute Gasteiger partial charge is 0.313 e. The van der Waals surface area contributed by atoms with Crippen LogP contribution in [-0.2, 0) is 13.5 Å². The molecule has 3 nitrogen and oxygen atoms in total. The Morgan fingerprint density at radius 1 is 1.19 bits per heavy atom. The van der Waals surface area contributed by atoms with E-state index in [9.17, 15) is 0 Å². The van der Waals surface area contributed by atoms with Crippen LogP contribution in [-0.4, -0.2) is 22.4 Å². The molecule has 116 valence electrons. The summed E-state index contributed by atoms with van der Waals surface area (Å²) in [6.45, 7) is 7.94. The van der Waals surface area contributed by atoms with Crippen molar-refractivity contribution in [2.24, 2.45) is 13.0 Å². The van der Waals surface area contributed by atoms with Gasteiger partial charge in [0.05, 0.1) is 11.2 Å². The Balaban J connectivity index is 2.21. The van der Waals surface area contributed by atoms with Gasteiger partial charge in [0.25, 0.3) is 0 Å². The summed E-state index contributed by atoms with van der Waals surface area (Å²) in [5, 5.41) is 9.78. The summed E-state index contributed by atoms with van der Waals surface area (Å²) >= 11 is 0. The third-order valence-corrected chi connectivity index (χ3v) is 4.33. The zero-order chi connectivity index (χ0) is 15.2. The number of fused-ring (bicyclic) bond motifs is 1. The van der Waals surface area contributed by atoms with Crippen LogP contribution < -0.4 is 5.32 Å². The SMILES string of the molecule is CCCNC(Cc1nn(C)c2ccccc12)C(C)CCC. The van der Waals surface area contributed by atoms with Crippen molar-refractivity contribution in [1.82, 2.24) is 15.1 Å². The maximum absolute atomic E-state index is 4.76. The molecule has 0 fully saturated rings. The summed E-state index contributed by atoms with van der Waals surface area (Å²) in [4.78, 5) is 0. The van der Waals surface area contributed by atoms with Crippen molar-refractivity contribution in [2.75, 3.05) is 6.54 Å². The van der Waals surface area contributed by atoms with E-state index in [1.165, 1.54) is 35.9 Å². The second-order valence-electron chi connectivity index (χ2n) is 6.12. The molecule has 0 radical (unpaired) electrons. The van der Waals surface area contributed by atoms with Crippen molar-refractivity contribution in [3.8, 4) is 0 Å². The normalized spacial score (nSPS) is 14.5. The maximum Gasteiger partial charge on any atom is 0.0718 e. The molecule has 0 saturated heterocycles. The third kappa shape index (κ3) is 3.85. The number of hydrogen-bond acceptors (Lipinski definition) is 2. The molecule has 0 spiro atoms. The topological polar surface area (TPSA) is 29.9 Å². The van der Waals surface area contributed by atoms with Gasteiger partial charge in [-0.25, -0.2) is 0 Å². The number of aryl methyl sites for hydroxylation is 1. The van der Waals surface area contributed by atoms with Crippen LogP contribution in [0.2, 0.25) is 0 Å². The molecule has 1 aromatic heterocycles. The lowest BCUT2D eigenvalue weighted by molar-refractivity contribution is 0.350. The van der Waals surface area contributed by atoms with E-state index in [1.54, 1.807) is 0 Å². The van der Waals surface area contributed by atoms with Gasteiger partial charge in [0, 0.05) is 24.9 Å². The van der Waals surface area contributed by atoms with E-state index >= 15 is 0 Å². The Kier molecular flexibility index (Phi) is 5.80. The average Bonchev–Trinajstić information content (AvgIpc) is 2.80. The van der Waals surface area contributed by atoms with Crippen molar-refractivity contribution in [1.29, 1.82) is 0 Å². The van der Waals surface area contributed by atoms with Crippen LogP contribution in [0.4, 0.5) is 0 Å². The van der Waals surface area contributed by atoms with E-state index in [1.807, 2.05) is 11.7 Å². The van der Waals surface area contributed by atoms with E-state index < -0.39 is 0 Å². The summed E-state index contributed by atoms with van der Waals surface area (Å²) in [6, 6.07) is 9.05. The minimum atomic E-state index is 0.517. The fourth-order valence-corrected chi connectivity index (χ4v) is 3.11. The second kappa shape index (κ2) is 7.60. The Labute approximate surface area is 128 Å². The second-order valence-corrected chi connectivity index (χ2v) is 6.12. The smallest absolute Gasteiger partial charge is 0.0718 e. The number of rotatable bonds is 8. The number of para-hydroxylation sites is 1. The van der Waals surface area contributed by atoms with Gasteiger partial charge in [-0.1, -0.05) is 45.4 Å². The lowest BCUT2D eigenvalue weighted by atomic mass is 9.92. The zero-order valence-corrected chi connectivity index (χ0v) is 13.9. The molecular weight excluding hydrogens is 258 g/mol. The highest BCUT2D eigenvalue weighted by atomic mass is 15.3. The molecule has 2 aromatic rings. The first-order valence-corrected chi connectivity index (χ1v) is 8.31. The van der Waals surface area contributed by atoms with E-state index in [-0.39, 0.29) is 0 Å². The molecule has 2 unspecified atom stereocenters. The zero-order valence-electron chi connectivity index (χ0n) is 13.9. The first kappa shape index (κ1) is 16.0. The van der Waals surface area contributed by atoms with E-state index in [0.29, 0.717) is 12.0 Å². The van der Waals surface area contributed by atoms with E-state index in [4.69, 9.17) is 5.10 Å². The van der Waals surface area contributed by atoms with Gasteiger partial charge in [-0.2, -0.15) is 5.10 Å². The summed E-state index contributed by atoms with van der Waals surface area (Å²) in [5.41, 5.74) is 2.45. The van der Waals surface area contributed by atoms with Crippen LogP contribution >= 0.6 is 0 Å². The van der Waals surface area contributed by atoms with Crippen LogP contribution in [0.25, 0.3) is 10.9 Å². The van der Waals surface area contributed by atoms with Gasteiger partial charge in [0.15, 0.2) is 0 Å². The van der Waals surface area contributed by atoms with Gasteiger partial charge >= 0.3 is 0 Å². The molecule has 1 heterocycles. The standard InChI is InChI=1S/C18H29N3/c1-5-9-14(3)16(19-12-6-2)13-17-15-10-7-8-11-18(15)21(4)20-17/h7-8,10-11,14,16,19H,5-6,9,12-13H2,1-4H3.